The number of ether oxygens (including phenoxy) is 1. The lowest BCUT2D eigenvalue weighted by atomic mass is 9.83. The molecule has 3 aromatic rings. The van der Waals surface area contributed by atoms with E-state index in [1.165, 1.54) is 12.1 Å². The van der Waals surface area contributed by atoms with Crippen LogP contribution >= 0.6 is 0 Å². The fourth-order valence-electron chi connectivity index (χ4n) is 4.99. The molecule has 0 saturated carbocycles. The number of hydrogen-bond donors (Lipinski definition) is 1. The maximum atomic E-state index is 15.0. The van der Waals surface area contributed by atoms with Gasteiger partial charge in [0.2, 0.25) is 5.91 Å². The van der Waals surface area contributed by atoms with Gasteiger partial charge in [-0.2, -0.15) is 0 Å². The Labute approximate surface area is 218 Å². The van der Waals surface area contributed by atoms with E-state index in [-0.39, 0.29) is 22.6 Å². The van der Waals surface area contributed by atoms with Crippen LogP contribution in [-0.4, -0.2) is 29.9 Å². The highest BCUT2D eigenvalue weighted by atomic mass is 19.1. The Morgan fingerprint density at radius 3 is 2.46 bits per heavy atom. The average Bonchev–Trinajstić information content (AvgIpc) is 2.88. The van der Waals surface area contributed by atoms with E-state index in [9.17, 15) is 14.0 Å². The van der Waals surface area contributed by atoms with Crippen LogP contribution in [0.1, 0.15) is 68.1 Å². The first-order valence-corrected chi connectivity index (χ1v) is 12.9. The molecule has 0 radical (unpaired) electrons. The van der Waals surface area contributed by atoms with Gasteiger partial charge in [-0.05, 0) is 60.6 Å². The van der Waals surface area contributed by atoms with Crippen molar-refractivity contribution in [1.82, 2.24) is 4.90 Å². The Kier molecular flexibility index (Phi) is 7.96. The van der Waals surface area contributed by atoms with Crippen molar-refractivity contribution in [3.05, 3.63) is 95.3 Å². The number of anilines is 1. The van der Waals surface area contributed by atoms with Gasteiger partial charge in [-0.3, -0.25) is 9.59 Å². The molecular formula is C31H35FN2O3. The molecule has 1 aliphatic rings. The van der Waals surface area contributed by atoms with Crippen molar-refractivity contribution in [2.75, 3.05) is 18.5 Å². The van der Waals surface area contributed by atoms with E-state index in [1.807, 2.05) is 54.6 Å². The lowest BCUT2D eigenvalue weighted by Gasteiger charge is -2.41. The van der Waals surface area contributed by atoms with Gasteiger partial charge in [0.1, 0.15) is 17.1 Å². The van der Waals surface area contributed by atoms with Crippen LogP contribution in [0.15, 0.2) is 72.8 Å². The standard InChI is InChI=1S/C31H35FN2O3/c1-5-37-26-18-10-17-25(32)27(26)30(36)34-19-11-16-24(28(34)21-12-7-6-8-13-21)29(35)33-23-15-9-14-22(20-23)31(2,3)4/h6-10,12-15,17-18,20,24,28H,5,11,16,19H2,1-4H3,(H,33,35)/t24-,28-/m0/s1. The summed E-state index contributed by atoms with van der Waals surface area (Å²) in [6.45, 7) is 8.91. The zero-order valence-electron chi connectivity index (χ0n) is 22.0. The molecule has 0 unspecified atom stereocenters. The molecule has 1 N–H and O–H groups in total. The molecule has 194 valence electrons. The first-order chi connectivity index (χ1) is 17.7. The number of amides is 2. The highest BCUT2D eigenvalue weighted by Crippen LogP contribution is 2.39. The molecule has 0 spiro atoms. The summed E-state index contributed by atoms with van der Waals surface area (Å²) in [4.78, 5) is 29.2. The topological polar surface area (TPSA) is 58.6 Å². The lowest BCUT2D eigenvalue weighted by molar-refractivity contribution is -0.123. The number of likely N-dealkylation sites (tertiary alicyclic amines) is 1. The molecule has 4 rings (SSSR count). The summed E-state index contributed by atoms with van der Waals surface area (Å²) in [7, 11) is 0. The third kappa shape index (κ3) is 5.85. The number of hydrogen-bond acceptors (Lipinski definition) is 3. The molecular weight excluding hydrogens is 467 g/mol. The van der Waals surface area contributed by atoms with Crippen LogP contribution < -0.4 is 10.1 Å². The van der Waals surface area contributed by atoms with Crippen LogP contribution in [0.4, 0.5) is 10.1 Å². The summed E-state index contributed by atoms with van der Waals surface area (Å²) in [5.74, 6) is -1.54. The first kappa shape index (κ1) is 26.4. The van der Waals surface area contributed by atoms with Crippen molar-refractivity contribution in [3.8, 4) is 5.75 Å². The van der Waals surface area contributed by atoms with Gasteiger partial charge in [0.15, 0.2) is 0 Å². The van der Waals surface area contributed by atoms with Gasteiger partial charge in [0.25, 0.3) is 5.91 Å². The average molecular weight is 503 g/mol. The third-order valence-electron chi connectivity index (χ3n) is 6.86. The fraction of sp³-hybridized carbons (Fsp3) is 0.355. The van der Waals surface area contributed by atoms with Crippen LogP contribution in [0.3, 0.4) is 0 Å². The molecule has 1 aliphatic heterocycles. The number of benzene rings is 3. The molecule has 1 heterocycles. The van der Waals surface area contributed by atoms with Gasteiger partial charge >= 0.3 is 0 Å². The van der Waals surface area contributed by atoms with Gasteiger partial charge in [-0.1, -0.05) is 69.3 Å². The molecule has 1 saturated heterocycles. The number of halogens is 1. The van der Waals surface area contributed by atoms with Crippen molar-refractivity contribution in [2.45, 2.75) is 52.0 Å². The molecule has 0 aliphatic carbocycles. The lowest BCUT2D eigenvalue weighted by Crippen LogP contribution is -2.46. The first-order valence-electron chi connectivity index (χ1n) is 12.9. The van der Waals surface area contributed by atoms with Gasteiger partial charge in [0, 0.05) is 12.2 Å². The zero-order chi connectivity index (χ0) is 26.6. The highest BCUT2D eigenvalue weighted by molar-refractivity contribution is 5.99. The quantitative estimate of drug-likeness (QED) is 0.405. The van der Waals surface area contributed by atoms with Crippen molar-refractivity contribution in [2.24, 2.45) is 5.92 Å². The van der Waals surface area contributed by atoms with Crippen LogP contribution in [0.25, 0.3) is 0 Å². The van der Waals surface area contributed by atoms with Crippen LogP contribution in [0, 0.1) is 11.7 Å². The van der Waals surface area contributed by atoms with E-state index in [1.54, 1.807) is 17.9 Å². The fourth-order valence-corrected chi connectivity index (χ4v) is 4.99. The Morgan fingerprint density at radius 1 is 1.03 bits per heavy atom. The monoisotopic (exact) mass is 502 g/mol. The largest absolute Gasteiger partial charge is 0.493 e. The second-order valence-electron chi connectivity index (χ2n) is 10.5. The minimum absolute atomic E-state index is 0.0562. The van der Waals surface area contributed by atoms with Crippen LogP contribution in [-0.2, 0) is 10.2 Å². The Morgan fingerprint density at radius 2 is 1.76 bits per heavy atom. The molecule has 2 amide bonds. The van der Waals surface area contributed by atoms with Crippen molar-refractivity contribution in [3.63, 3.8) is 0 Å². The maximum Gasteiger partial charge on any atom is 0.261 e. The van der Waals surface area contributed by atoms with E-state index < -0.39 is 23.7 Å². The minimum Gasteiger partial charge on any atom is -0.493 e. The third-order valence-corrected chi connectivity index (χ3v) is 6.86. The van der Waals surface area contributed by atoms with Crippen molar-refractivity contribution < 1.29 is 18.7 Å². The van der Waals surface area contributed by atoms with E-state index in [2.05, 4.69) is 26.1 Å². The summed E-state index contributed by atoms with van der Waals surface area (Å²) in [6.07, 6.45) is 1.25. The predicted octanol–water partition coefficient (Wildman–Crippen LogP) is 6.75. The summed E-state index contributed by atoms with van der Waals surface area (Å²) in [5, 5.41) is 3.09. The van der Waals surface area contributed by atoms with E-state index in [4.69, 9.17) is 4.74 Å². The predicted molar refractivity (Wildman–Crippen MR) is 144 cm³/mol. The van der Waals surface area contributed by atoms with Crippen molar-refractivity contribution in [1.29, 1.82) is 0 Å². The SMILES string of the molecule is CCOc1cccc(F)c1C(=O)N1CCC[C@H](C(=O)Nc2cccc(C(C)(C)C)c2)[C@@H]1c1ccccc1. The normalized spacial score (nSPS) is 17.8. The molecule has 3 aromatic carbocycles. The smallest absolute Gasteiger partial charge is 0.261 e. The second-order valence-corrected chi connectivity index (χ2v) is 10.5. The zero-order valence-corrected chi connectivity index (χ0v) is 22.0. The maximum absolute atomic E-state index is 15.0. The van der Waals surface area contributed by atoms with E-state index in [0.29, 0.717) is 26.0 Å². The van der Waals surface area contributed by atoms with Gasteiger partial charge in [0.05, 0.1) is 18.6 Å². The Balaban J connectivity index is 1.69. The molecule has 2 atom stereocenters. The van der Waals surface area contributed by atoms with Crippen LogP contribution in [0.2, 0.25) is 0 Å². The molecule has 1 fully saturated rings. The Hall–Kier alpha value is -3.67. The highest BCUT2D eigenvalue weighted by Gasteiger charge is 2.41. The molecule has 5 nitrogen and oxygen atoms in total. The second kappa shape index (κ2) is 11.2. The molecule has 0 aromatic heterocycles. The summed E-state index contributed by atoms with van der Waals surface area (Å²) < 4.78 is 20.6. The Bertz CT molecular complexity index is 1250. The number of carbonyl (C=O) groups is 2. The summed E-state index contributed by atoms with van der Waals surface area (Å²) in [6, 6.07) is 21.2. The molecule has 37 heavy (non-hydrogen) atoms. The summed E-state index contributed by atoms with van der Waals surface area (Å²) in [5.41, 5.74) is 2.53. The molecule has 0 bridgehead atoms. The van der Waals surface area contributed by atoms with Crippen LogP contribution in [0.5, 0.6) is 5.75 Å². The summed E-state index contributed by atoms with van der Waals surface area (Å²) >= 11 is 0. The van der Waals surface area contributed by atoms with Gasteiger partial charge < -0.3 is 15.0 Å². The van der Waals surface area contributed by atoms with Crippen molar-refractivity contribution >= 4 is 17.5 Å². The number of rotatable bonds is 6. The number of piperidine rings is 1. The molecule has 6 heteroatoms. The van der Waals surface area contributed by atoms with Gasteiger partial charge in [-0.25, -0.2) is 4.39 Å². The van der Waals surface area contributed by atoms with E-state index in [0.717, 1.165) is 16.8 Å². The van der Waals surface area contributed by atoms with E-state index >= 15 is 0 Å². The minimum atomic E-state index is -0.631. The number of nitrogens with one attached hydrogen (secondary N) is 1. The number of nitrogens with zero attached hydrogens (tertiary/aromatic N) is 1. The number of carbonyl (C=O) groups excluding carboxylic acids is 2. The van der Waals surface area contributed by atoms with Gasteiger partial charge in [-0.15, -0.1) is 0 Å².